The van der Waals surface area contributed by atoms with Crippen molar-refractivity contribution in [3.05, 3.63) is 0 Å². The van der Waals surface area contributed by atoms with Gasteiger partial charge in [0.15, 0.2) is 0 Å². The van der Waals surface area contributed by atoms with Crippen LogP contribution >= 0.6 is 0 Å². The van der Waals surface area contributed by atoms with Crippen LogP contribution in [0.5, 0.6) is 0 Å². The van der Waals surface area contributed by atoms with Crippen molar-refractivity contribution in [2.75, 3.05) is 13.7 Å². The first-order valence-electron chi connectivity index (χ1n) is 4.42. The molecule has 0 aliphatic rings. The highest BCUT2D eigenvalue weighted by Crippen LogP contribution is 2.27. The van der Waals surface area contributed by atoms with Crippen molar-refractivity contribution in [1.82, 2.24) is 0 Å². The van der Waals surface area contributed by atoms with Gasteiger partial charge in [-0.1, -0.05) is 13.8 Å². The van der Waals surface area contributed by atoms with Crippen LogP contribution in [0.2, 0.25) is 0 Å². The maximum atomic E-state index is 9.83. The maximum Gasteiger partial charge on any atom is 0.0864 e. The van der Waals surface area contributed by atoms with E-state index < -0.39 is 6.10 Å². The molecule has 3 nitrogen and oxygen atoms in total. The Kier molecular flexibility index (Phi) is 4.75. The lowest BCUT2D eigenvalue weighted by Gasteiger charge is -2.35. The van der Waals surface area contributed by atoms with E-state index in [1.165, 1.54) is 0 Å². The quantitative estimate of drug-likeness (QED) is 0.648. The first-order chi connectivity index (χ1) is 5.51. The minimum atomic E-state index is -0.488. The largest absolute Gasteiger partial charge is 0.390 e. The topological polar surface area (TPSA) is 55.5 Å². The number of methoxy groups -OCH3 is 1. The summed E-state index contributed by atoms with van der Waals surface area (Å²) in [6.45, 7) is 6.35. The van der Waals surface area contributed by atoms with Crippen LogP contribution in [0.15, 0.2) is 0 Å². The van der Waals surface area contributed by atoms with E-state index in [0.29, 0.717) is 6.54 Å². The van der Waals surface area contributed by atoms with Crippen LogP contribution in [0.25, 0.3) is 0 Å². The molecule has 0 aromatic rings. The van der Waals surface area contributed by atoms with Crippen LogP contribution < -0.4 is 5.73 Å². The Morgan fingerprint density at radius 3 is 2.33 bits per heavy atom. The first kappa shape index (κ1) is 11.9. The van der Waals surface area contributed by atoms with Gasteiger partial charge in [-0.25, -0.2) is 0 Å². The number of hydrogen-bond acceptors (Lipinski definition) is 3. The Labute approximate surface area is 74.9 Å². The molecule has 3 heteroatoms. The lowest BCUT2D eigenvalue weighted by Crippen LogP contribution is -2.45. The molecular weight excluding hydrogens is 154 g/mol. The van der Waals surface area contributed by atoms with Crippen molar-refractivity contribution in [3.63, 3.8) is 0 Å². The van der Waals surface area contributed by atoms with E-state index in [-0.39, 0.29) is 11.5 Å². The van der Waals surface area contributed by atoms with Gasteiger partial charge in [0, 0.05) is 19.1 Å². The summed E-state index contributed by atoms with van der Waals surface area (Å²) in [7, 11) is 1.60. The normalized spacial score (nSPS) is 21.5. The SMILES string of the molecule is CCC(C)(CN)C(O)C(C)OC. The lowest BCUT2D eigenvalue weighted by atomic mass is 9.79. The van der Waals surface area contributed by atoms with Crippen molar-refractivity contribution in [1.29, 1.82) is 0 Å². The second-order valence-electron chi connectivity index (χ2n) is 3.60. The molecule has 74 valence electrons. The van der Waals surface area contributed by atoms with Crippen molar-refractivity contribution in [2.24, 2.45) is 11.1 Å². The van der Waals surface area contributed by atoms with Gasteiger partial charge in [0.2, 0.25) is 0 Å². The Bertz CT molecular complexity index is 124. The van der Waals surface area contributed by atoms with Crippen LogP contribution in [-0.4, -0.2) is 31.0 Å². The van der Waals surface area contributed by atoms with Gasteiger partial charge >= 0.3 is 0 Å². The summed E-state index contributed by atoms with van der Waals surface area (Å²) < 4.78 is 5.06. The smallest absolute Gasteiger partial charge is 0.0864 e. The lowest BCUT2D eigenvalue weighted by molar-refractivity contribution is -0.0662. The van der Waals surface area contributed by atoms with Gasteiger partial charge in [-0.15, -0.1) is 0 Å². The van der Waals surface area contributed by atoms with Gasteiger partial charge in [0.1, 0.15) is 0 Å². The van der Waals surface area contributed by atoms with Crippen LogP contribution in [0.4, 0.5) is 0 Å². The Hall–Kier alpha value is -0.120. The average Bonchev–Trinajstić information content (AvgIpc) is 2.14. The predicted octanol–water partition coefficient (Wildman–Crippen LogP) is 0.757. The highest BCUT2D eigenvalue weighted by molar-refractivity contribution is 4.85. The zero-order valence-corrected chi connectivity index (χ0v) is 8.50. The van der Waals surface area contributed by atoms with Crippen molar-refractivity contribution >= 4 is 0 Å². The summed E-state index contributed by atoms with van der Waals surface area (Å²) in [4.78, 5) is 0. The van der Waals surface area contributed by atoms with E-state index in [4.69, 9.17) is 10.5 Å². The third-order valence-corrected chi connectivity index (χ3v) is 2.80. The third-order valence-electron chi connectivity index (χ3n) is 2.80. The van der Waals surface area contributed by atoms with Gasteiger partial charge in [-0.2, -0.15) is 0 Å². The van der Waals surface area contributed by atoms with E-state index in [1.54, 1.807) is 7.11 Å². The Balaban J connectivity index is 4.29. The van der Waals surface area contributed by atoms with Crippen LogP contribution in [0.1, 0.15) is 27.2 Å². The Morgan fingerprint density at radius 1 is 1.58 bits per heavy atom. The second kappa shape index (κ2) is 4.80. The third kappa shape index (κ3) is 2.44. The highest BCUT2D eigenvalue weighted by atomic mass is 16.5. The fraction of sp³-hybridized carbons (Fsp3) is 1.00. The molecule has 0 aliphatic carbocycles. The molecule has 0 spiro atoms. The minimum absolute atomic E-state index is 0.154. The number of hydrogen-bond donors (Lipinski definition) is 2. The first-order valence-corrected chi connectivity index (χ1v) is 4.42. The number of aliphatic hydroxyl groups excluding tert-OH is 1. The molecule has 0 saturated heterocycles. The van der Waals surface area contributed by atoms with E-state index in [0.717, 1.165) is 6.42 Å². The zero-order valence-electron chi connectivity index (χ0n) is 8.50. The molecule has 3 atom stereocenters. The summed E-state index contributed by atoms with van der Waals surface area (Å²) >= 11 is 0. The summed E-state index contributed by atoms with van der Waals surface area (Å²) in [6, 6.07) is 0. The predicted molar refractivity (Wildman–Crippen MR) is 49.9 cm³/mol. The summed E-state index contributed by atoms with van der Waals surface area (Å²) in [6.07, 6.45) is 0.217. The molecule has 3 unspecified atom stereocenters. The summed E-state index contributed by atoms with van der Waals surface area (Å²) in [5.41, 5.74) is 5.37. The molecule has 0 amide bonds. The number of rotatable bonds is 5. The van der Waals surface area contributed by atoms with Crippen LogP contribution in [0.3, 0.4) is 0 Å². The fourth-order valence-corrected chi connectivity index (χ4v) is 1.17. The van der Waals surface area contributed by atoms with E-state index in [1.807, 2.05) is 20.8 Å². The minimum Gasteiger partial charge on any atom is -0.390 e. The van der Waals surface area contributed by atoms with Crippen molar-refractivity contribution in [2.45, 2.75) is 39.4 Å². The van der Waals surface area contributed by atoms with Gasteiger partial charge < -0.3 is 15.6 Å². The summed E-state index contributed by atoms with van der Waals surface area (Å²) in [5.74, 6) is 0. The van der Waals surface area contributed by atoms with E-state index >= 15 is 0 Å². The summed E-state index contributed by atoms with van der Waals surface area (Å²) in [5, 5.41) is 9.83. The van der Waals surface area contributed by atoms with Gasteiger partial charge in [-0.05, 0) is 13.3 Å². The molecule has 0 heterocycles. The van der Waals surface area contributed by atoms with Crippen LogP contribution in [0, 0.1) is 5.41 Å². The monoisotopic (exact) mass is 175 g/mol. The molecule has 12 heavy (non-hydrogen) atoms. The molecule has 0 aliphatic heterocycles. The number of aliphatic hydroxyl groups is 1. The highest BCUT2D eigenvalue weighted by Gasteiger charge is 2.33. The molecule has 0 fully saturated rings. The van der Waals surface area contributed by atoms with E-state index in [9.17, 15) is 5.11 Å². The van der Waals surface area contributed by atoms with Gasteiger partial charge in [0.25, 0.3) is 0 Å². The number of ether oxygens (including phenoxy) is 1. The maximum absolute atomic E-state index is 9.83. The van der Waals surface area contributed by atoms with Crippen molar-refractivity contribution < 1.29 is 9.84 Å². The Morgan fingerprint density at radius 2 is 2.08 bits per heavy atom. The zero-order chi connectivity index (χ0) is 9.78. The van der Waals surface area contributed by atoms with Gasteiger partial charge in [-0.3, -0.25) is 0 Å². The van der Waals surface area contributed by atoms with E-state index in [2.05, 4.69) is 0 Å². The molecule has 0 aromatic heterocycles. The standard InChI is InChI=1S/C9H21NO2/c1-5-9(3,6-10)8(11)7(2)12-4/h7-8,11H,5-6,10H2,1-4H3. The molecule has 3 N–H and O–H groups in total. The molecule has 0 radical (unpaired) electrons. The molecule has 0 saturated carbocycles. The fourth-order valence-electron chi connectivity index (χ4n) is 1.17. The molecule has 0 bridgehead atoms. The van der Waals surface area contributed by atoms with Crippen molar-refractivity contribution in [3.8, 4) is 0 Å². The second-order valence-corrected chi connectivity index (χ2v) is 3.60. The van der Waals surface area contributed by atoms with Crippen LogP contribution in [-0.2, 0) is 4.74 Å². The molecule has 0 aromatic carbocycles. The number of nitrogens with two attached hydrogens (primary N) is 1. The molecular formula is C9H21NO2. The van der Waals surface area contributed by atoms with Gasteiger partial charge in [0.05, 0.1) is 12.2 Å². The molecule has 0 rings (SSSR count). The average molecular weight is 175 g/mol.